The van der Waals surface area contributed by atoms with Gasteiger partial charge in [0.2, 0.25) is 0 Å². The second-order valence-electron chi connectivity index (χ2n) is 6.39. The molecule has 1 saturated heterocycles. The molecule has 1 fully saturated rings. The molecule has 0 radical (unpaired) electrons. The van der Waals surface area contributed by atoms with Crippen LogP contribution in [0.5, 0.6) is 5.75 Å². The number of hydrogen-bond donors (Lipinski definition) is 1. The molecule has 2 nitrogen and oxygen atoms in total. The van der Waals surface area contributed by atoms with E-state index in [0.29, 0.717) is 5.92 Å². The molecule has 2 rings (SSSR count). The molecule has 1 aliphatic rings. The monoisotopic (exact) mass is 265 g/mol. The first-order valence-corrected chi connectivity index (χ1v) is 7.10. The van der Waals surface area contributed by atoms with Crippen molar-refractivity contribution in [3.05, 3.63) is 29.6 Å². The Balaban J connectivity index is 2.06. The molecule has 19 heavy (non-hydrogen) atoms. The smallest absolute Gasteiger partial charge is 0.123 e. The molecule has 0 aliphatic carbocycles. The zero-order valence-corrected chi connectivity index (χ0v) is 12.1. The SMILES string of the molecule is CC(C)(C)c1cc(F)ccc1OCC1CCNCC1. The molecule has 0 saturated carbocycles. The molecule has 3 heteroatoms. The minimum Gasteiger partial charge on any atom is -0.493 e. The van der Waals surface area contributed by atoms with E-state index in [1.54, 1.807) is 12.1 Å². The van der Waals surface area contributed by atoms with E-state index >= 15 is 0 Å². The van der Waals surface area contributed by atoms with Crippen LogP contribution in [-0.4, -0.2) is 19.7 Å². The van der Waals surface area contributed by atoms with E-state index in [1.807, 2.05) is 0 Å². The summed E-state index contributed by atoms with van der Waals surface area (Å²) in [6.07, 6.45) is 2.32. The Morgan fingerprint density at radius 1 is 1.26 bits per heavy atom. The van der Waals surface area contributed by atoms with Gasteiger partial charge in [0.1, 0.15) is 11.6 Å². The van der Waals surface area contributed by atoms with Crippen LogP contribution in [0.1, 0.15) is 39.2 Å². The van der Waals surface area contributed by atoms with Gasteiger partial charge in [-0.05, 0) is 55.5 Å². The van der Waals surface area contributed by atoms with Gasteiger partial charge < -0.3 is 10.1 Å². The predicted octanol–water partition coefficient (Wildman–Crippen LogP) is 3.50. The van der Waals surface area contributed by atoms with E-state index in [1.165, 1.54) is 6.07 Å². The summed E-state index contributed by atoms with van der Waals surface area (Å²) < 4.78 is 19.4. The van der Waals surface area contributed by atoms with Crippen LogP contribution in [-0.2, 0) is 5.41 Å². The molecule has 106 valence electrons. The van der Waals surface area contributed by atoms with Gasteiger partial charge in [0.25, 0.3) is 0 Å². The maximum absolute atomic E-state index is 13.4. The third-order valence-electron chi connectivity index (χ3n) is 3.68. The highest BCUT2D eigenvalue weighted by molar-refractivity contribution is 5.38. The van der Waals surface area contributed by atoms with Crippen LogP contribution in [0.3, 0.4) is 0 Å². The van der Waals surface area contributed by atoms with Crippen molar-refractivity contribution in [2.75, 3.05) is 19.7 Å². The minimum atomic E-state index is -0.195. The molecule has 1 N–H and O–H groups in total. The molecule has 1 heterocycles. The maximum atomic E-state index is 13.4. The summed E-state index contributed by atoms with van der Waals surface area (Å²) >= 11 is 0. The number of piperidine rings is 1. The van der Waals surface area contributed by atoms with Crippen molar-refractivity contribution in [1.29, 1.82) is 0 Å². The van der Waals surface area contributed by atoms with E-state index in [4.69, 9.17) is 4.74 Å². The molecule has 0 spiro atoms. The summed E-state index contributed by atoms with van der Waals surface area (Å²) in [5.74, 6) is 1.24. The Hall–Kier alpha value is -1.09. The number of ether oxygens (including phenoxy) is 1. The van der Waals surface area contributed by atoms with Crippen LogP contribution in [0, 0.1) is 11.7 Å². The number of nitrogens with one attached hydrogen (secondary N) is 1. The van der Waals surface area contributed by atoms with Crippen molar-refractivity contribution in [2.24, 2.45) is 5.92 Å². The first kappa shape index (κ1) is 14.3. The Morgan fingerprint density at radius 3 is 2.58 bits per heavy atom. The van der Waals surface area contributed by atoms with Gasteiger partial charge in [-0.2, -0.15) is 0 Å². The number of rotatable bonds is 3. The highest BCUT2D eigenvalue weighted by atomic mass is 19.1. The largest absolute Gasteiger partial charge is 0.493 e. The van der Waals surface area contributed by atoms with E-state index in [2.05, 4.69) is 26.1 Å². The van der Waals surface area contributed by atoms with Crippen molar-refractivity contribution in [3.8, 4) is 5.75 Å². The number of hydrogen-bond acceptors (Lipinski definition) is 2. The van der Waals surface area contributed by atoms with Crippen molar-refractivity contribution < 1.29 is 9.13 Å². The van der Waals surface area contributed by atoms with Crippen LogP contribution in [0.15, 0.2) is 18.2 Å². The summed E-state index contributed by atoms with van der Waals surface area (Å²) in [7, 11) is 0. The highest BCUT2D eigenvalue weighted by Gasteiger charge is 2.21. The van der Waals surface area contributed by atoms with Crippen molar-refractivity contribution in [1.82, 2.24) is 5.32 Å². The lowest BCUT2D eigenvalue weighted by Crippen LogP contribution is -2.30. The van der Waals surface area contributed by atoms with Crippen molar-refractivity contribution in [2.45, 2.75) is 39.0 Å². The minimum absolute atomic E-state index is 0.106. The van der Waals surface area contributed by atoms with E-state index in [-0.39, 0.29) is 11.2 Å². The summed E-state index contributed by atoms with van der Waals surface area (Å²) in [5.41, 5.74) is 0.840. The number of halogens is 1. The molecular weight excluding hydrogens is 241 g/mol. The average molecular weight is 265 g/mol. The summed E-state index contributed by atoms with van der Waals surface area (Å²) in [6.45, 7) is 9.13. The third-order valence-corrected chi connectivity index (χ3v) is 3.68. The average Bonchev–Trinajstić information content (AvgIpc) is 2.37. The van der Waals surface area contributed by atoms with E-state index < -0.39 is 0 Å². The third kappa shape index (κ3) is 3.93. The molecule has 0 aromatic heterocycles. The predicted molar refractivity (Wildman–Crippen MR) is 76.2 cm³/mol. The molecule has 0 bridgehead atoms. The zero-order valence-electron chi connectivity index (χ0n) is 12.1. The Bertz CT molecular complexity index is 419. The van der Waals surface area contributed by atoms with Crippen LogP contribution in [0.4, 0.5) is 4.39 Å². The van der Waals surface area contributed by atoms with Crippen molar-refractivity contribution in [3.63, 3.8) is 0 Å². The lowest BCUT2D eigenvalue weighted by atomic mass is 9.86. The maximum Gasteiger partial charge on any atom is 0.123 e. The first-order valence-electron chi connectivity index (χ1n) is 7.10. The molecule has 0 atom stereocenters. The van der Waals surface area contributed by atoms with Gasteiger partial charge in [0.15, 0.2) is 0 Å². The Kier molecular flexibility index (Phi) is 4.46. The first-order chi connectivity index (χ1) is 8.97. The Labute approximate surface area is 115 Å². The highest BCUT2D eigenvalue weighted by Crippen LogP contribution is 2.32. The fraction of sp³-hybridized carbons (Fsp3) is 0.625. The molecular formula is C16H24FNO. The van der Waals surface area contributed by atoms with Gasteiger partial charge in [-0.3, -0.25) is 0 Å². The van der Waals surface area contributed by atoms with Gasteiger partial charge >= 0.3 is 0 Å². The number of benzene rings is 1. The Morgan fingerprint density at radius 2 is 1.95 bits per heavy atom. The zero-order chi connectivity index (χ0) is 13.9. The summed E-state index contributed by atoms with van der Waals surface area (Å²) in [4.78, 5) is 0. The van der Waals surface area contributed by atoms with Gasteiger partial charge in [-0.1, -0.05) is 20.8 Å². The molecule has 1 aromatic rings. The van der Waals surface area contributed by atoms with Gasteiger partial charge in [0.05, 0.1) is 6.61 Å². The molecule has 0 unspecified atom stereocenters. The van der Waals surface area contributed by atoms with Gasteiger partial charge in [-0.25, -0.2) is 4.39 Å². The van der Waals surface area contributed by atoms with Gasteiger partial charge in [0, 0.05) is 5.56 Å². The van der Waals surface area contributed by atoms with Gasteiger partial charge in [-0.15, -0.1) is 0 Å². The molecule has 0 amide bonds. The van der Waals surface area contributed by atoms with Crippen LogP contribution >= 0.6 is 0 Å². The fourth-order valence-electron chi connectivity index (χ4n) is 2.47. The summed E-state index contributed by atoms with van der Waals surface area (Å²) in [5, 5.41) is 3.35. The van der Waals surface area contributed by atoms with E-state index in [9.17, 15) is 4.39 Å². The molecule has 1 aliphatic heterocycles. The standard InChI is InChI=1S/C16H24FNO/c1-16(2,3)14-10-13(17)4-5-15(14)19-11-12-6-8-18-9-7-12/h4-5,10,12,18H,6-9,11H2,1-3H3. The normalized spacial score (nSPS) is 17.5. The second kappa shape index (κ2) is 5.91. The van der Waals surface area contributed by atoms with Crippen molar-refractivity contribution >= 4 is 0 Å². The fourth-order valence-corrected chi connectivity index (χ4v) is 2.47. The lowest BCUT2D eigenvalue weighted by molar-refractivity contribution is 0.211. The summed E-state index contributed by atoms with van der Waals surface area (Å²) in [6, 6.07) is 4.84. The van der Waals surface area contributed by atoms with Crippen LogP contribution in [0.25, 0.3) is 0 Å². The van der Waals surface area contributed by atoms with Crippen LogP contribution in [0.2, 0.25) is 0 Å². The quantitative estimate of drug-likeness (QED) is 0.903. The lowest BCUT2D eigenvalue weighted by Gasteiger charge is -2.26. The topological polar surface area (TPSA) is 21.3 Å². The second-order valence-corrected chi connectivity index (χ2v) is 6.39. The van der Waals surface area contributed by atoms with E-state index in [0.717, 1.165) is 43.9 Å². The van der Waals surface area contributed by atoms with Crippen LogP contribution < -0.4 is 10.1 Å². The molecule has 1 aromatic carbocycles.